The largest absolute Gasteiger partial charge is 0.357 e. The maximum Gasteiger partial charge on any atom is 0.0999 e. The molecular formula is C14H27N3O. The van der Waals surface area contributed by atoms with Crippen LogP contribution in [0.15, 0.2) is 0 Å². The Morgan fingerprint density at radius 3 is 2.39 bits per heavy atom. The molecule has 3 aliphatic heterocycles. The number of nitrogens with zero attached hydrogens (tertiary/aromatic N) is 3. The first-order valence-electron chi connectivity index (χ1n) is 7.40. The van der Waals surface area contributed by atoms with E-state index >= 15 is 0 Å². The predicted octanol–water partition coefficient (Wildman–Crippen LogP) is 0.692. The summed E-state index contributed by atoms with van der Waals surface area (Å²) in [4.78, 5) is 7.39. The number of ether oxygens (including phenoxy) is 1. The van der Waals surface area contributed by atoms with E-state index in [1.165, 1.54) is 45.6 Å². The van der Waals surface area contributed by atoms with Crippen molar-refractivity contribution >= 4 is 0 Å². The monoisotopic (exact) mass is 253 g/mol. The molecule has 0 aromatic heterocycles. The summed E-state index contributed by atoms with van der Waals surface area (Å²) in [5, 5.41) is 0. The van der Waals surface area contributed by atoms with Crippen molar-refractivity contribution in [1.29, 1.82) is 0 Å². The van der Waals surface area contributed by atoms with Crippen LogP contribution in [-0.4, -0.2) is 79.9 Å². The van der Waals surface area contributed by atoms with Crippen LogP contribution >= 0.6 is 0 Å². The Labute approximate surface area is 111 Å². The molecular weight excluding hydrogens is 226 g/mol. The summed E-state index contributed by atoms with van der Waals surface area (Å²) in [6.07, 6.45) is 2.70. The lowest BCUT2D eigenvalue weighted by atomic mass is 9.92. The van der Waals surface area contributed by atoms with Crippen LogP contribution in [0, 0.1) is 5.92 Å². The van der Waals surface area contributed by atoms with Crippen molar-refractivity contribution in [3.8, 4) is 0 Å². The molecule has 4 heteroatoms. The molecule has 0 aromatic rings. The fourth-order valence-electron chi connectivity index (χ4n) is 3.59. The third kappa shape index (κ3) is 2.87. The summed E-state index contributed by atoms with van der Waals surface area (Å²) in [5.41, 5.74) is 0.123. The topological polar surface area (TPSA) is 19.0 Å². The van der Waals surface area contributed by atoms with Crippen LogP contribution in [0.5, 0.6) is 0 Å². The molecule has 3 aliphatic rings. The SMILES string of the molecule is CN1CC(CN2CC(C)(OCN3CCCC3)C2)C1. The normalized spacial score (nSPS) is 30.3. The fourth-order valence-corrected chi connectivity index (χ4v) is 3.59. The second-order valence-corrected chi connectivity index (χ2v) is 6.81. The number of likely N-dealkylation sites (tertiary alicyclic amines) is 3. The lowest BCUT2D eigenvalue weighted by Crippen LogP contribution is -2.64. The van der Waals surface area contributed by atoms with Gasteiger partial charge in [-0.3, -0.25) is 9.80 Å². The first-order valence-corrected chi connectivity index (χ1v) is 7.40. The minimum atomic E-state index is 0.123. The number of hydrogen-bond acceptors (Lipinski definition) is 4. The molecule has 104 valence electrons. The van der Waals surface area contributed by atoms with Crippen LogP contribution in [0.25, 0.3) is 0 Å². The zero-order valence-electron chi connectivity index (χ0n) is 11.9. The van der Waals surface area contributed by atoms with E-state index < -0.39 is 0 Å². The summed E-state index contributed by atoms with van der Waals surface area (Å²) < 4.78 is 6.11. The summed E-state index contributed by atoms with van der Waals surface area (Å²) >= 11 is 0. The predicted molar refractivity (Wildman–Crippen MR) is 72.6 cm³/mol. The van der Waals surface area contributed by atoms with Gasteiger partial charge in [-0.15, -0.1) is 0 Å². The zero-order chi connectivity index (χ0) is 12.6. The average molecular weight is 253 g/mol. The van der Waals surface area contributed by atoms with Crippen molar-refractivity contribution in [2.24, 2.45) is 5.92 Å². The second kappa shape index (κ2) is 5.08. The zero-order valence-corrected chi connectivity index (χ0v) is 11.9. The highest BCUT2D eigenvalue weighted by Crippen LogP contribution is 2.27. The molecule has 3 heterocycles. The molecule has 18 heavy (non-hydrogen) atoms. The quantitative estimate of drug-likeness (QED) is 0.717. The van der Waals surface area contributed by atoms with Crippen LogP contribution in [0.1, 0.15) is 19.8 Å². The molecule has 4 nitrogen and oxygen atoms in total. The summed E-state index contributed by atoms with van der Waals surface area (Å²) in [6, 6.07) is 0. The van der Waals surface area contributed by atoms with E-state index in [0.717, 1.165) is 25.7 Å². The van der Waals surface area contributed by atoms with Crippen molar-refractivity contribution in [3.05, 3.63) is 0 Å². The van der Waals surface area contributed by atoms with Crippen molar-refractivity contribution in [1.82, 2.24) is 14.7 Å². The fraction of sp³-hybridized carbons (Fsp3) is 1.00. The van der Waals surface area contributed by atoms with E-state index in [1.807, 2.05) is 0 Å². The van der Waals surface area contributed by atoms with Gasteiger partial charge in [-0.1, -0.05) is 0 Å². The van der Waals surface area contributed by atoms with Crippen LogP contribution < -0.4 is 0 Å². The van der Waals surface area contributed by atoms with E-state index in [9.17, 15) is 0 Å². The smallest absolute Gasteiger partial charge is 0.0999 e. The van der Waals surface area contributed by atoms with Gasteiger partial charge in [-0.05, 0) is 32.7 Å². The highest BCUT2D eigenvalue weighted by Gasteiger charge is 2.41. The maximum absolute atomic E-state index is 6.11. The molecule has 0 aliphatic carbocycles. The van der Waals surface area contributed by atoms with E-state index in [-0.39, 0.29) is 5.60 Å². The van der Waals surface area contributed by atoms with Crippen LogP contribution in [0.3, 0.4) is 0 Å². The van der Waals surface area contributed by atoms with Gasteiger partial charge in [-0.25, -0.2) is 0 Å². The number of hydrogen-bond donors (Lipinski definition) is 0. The summed E-state index contributed by atoms with van der Waals surface area (Å²) in [7, 11) is 2.20. The molecule has 0 N–H and O–H groups in total. The number of rotatable bonds is 5. The van der Waals surface area contributed by atoms with Gasteiger partial charge in [0.1, 0.15) is 0 Å². The Bertz CT molecular complexity index is 279. The van der Waals surface area contributed by atoms with Crippen LogP contribution in [0.2, 0.25) is 0 Å². The van der Waals surface area contributed by atoms with Crippen molar-refractivity contribution in [3.63, 3.8) is 0 Å². The Morgan fingerprint density at radius 1 is 1.11 bits per heavy atom. The Hall–Kier alpha value is -0.160. The Balaban J connectivity index is 1.32. The lowest BCUT2D eigenvalue weighted by molar-refractivity contribution is -0.162. The van der Waals surface area contributed by atoms with E-state index in [1.54, 1.807) is 0 Å². The van der Waals surface area contributed by atoms with Crippen LogP contribution in [-0.2, 0) is 4.74 Å². The molecule has 0 saturated carbocycles. The second-order valence-electron chi connectivity index (χ2n) is 6.81. The molecule has 0 aromatic carbocycles. The Morgan fingerprint density at radius 2 is 1.78 bits per heavy atom. The molecule has 0 radical (unpaired) electrons. The molecule has 3 saturated heterocycles. The molecule has 0 spiro atoms. The highest BCUT2D eigenvalue weighted by molar-refractivity contribution is 4.95. The average Bonchev–Trinajstić information content (AvgIpc) is 2.75. The Kier molecular flexibility index (Phi) is 3.63. The van der Waals surface area contributed by atoms with Gasteiger partial charge >= 0.3 is 0 Å². The van der Waals surface area contributed by atoms with E-state index in [2.05, 4.69) is 28.7 Å². The van der Waals surface area contributed by atoms with Crippen molar-refractivity contribution in [2.45, 2.75) is 25.4 Å². The molecule has 3 fully saturated rings. The molecule has 0 unspecified atom stereocenters. The van der Waals surface area contributed by atoms with Gasteiger partial charge in [0.25, 0.3) is 0 Å². The van der Waals surface area contributed by atoms with Gasteiger partial charge < -0.3 is 9.64 Å². The minimum Gasteiger partial charge on any atom is -0.357 e. The van der Waals surface area contributed by atoms with Gasteiger partial charge in [0.2, 0.25) is 0 Å². The molecule has 0 atom stereocenters. The minimum absolute atomic E-state index is 0.123. The maximum atomic E-state index is 6.11. The van der Waals surface area contributed by atoms with E-state index in [4.69, 9.17) is 4.74 Å². The van der Waals surface area contributed by atoms with Crippen molar-refractivity contribution < 1.29 is 4.74 Å². The van der Waals surface area contributed by atoms with Gasteiger partial charge in [0, 0.05) is 45.8 Å². The summed E-state index contributed by atoms with van der Waals surface area (Å²) in [6.45, 7) is 11.7. The lowest BCUT2D eigenvalue weighted by Gasteiger charge is -2.51. The van der Waals surface area contributed by atoms with Crippen LogP contribution in [0.4, 0.5) is 0 Å². The molecule has 0 bridgehead atoms. The van der Waals surface area contributed by atoms with Gasteiger partial charge in [0.05, 0.1) is 12.3 Å². The molecule has 3 rings (SSSR count). The van der Waals surface area contributed by atoms with Gasteiger partial charge in [-0.2, -0.15) is 0 Å². The highest BCUT2D eigenvalue weighted by atomic mass is 16.5. The third-order valence-corrected chi connectivity index (χ3v) is 4.57. The van der Waals surface area contributed by atoms with Gasteiger partial charge in [0.15, 0.2) is 0 Å². The molecule has 0 amide bonds. The standard InChI is InChI=1S/C14H27N3O/c1-14(18-12-16-5-3-4-6-16)10-17(11-14)9-13-7-15(2)8-13/h13H,3-12H2,1-2H3. The summed E-state index contributed by atoms with van der Waals surface area (Å²) in [5.74, 6) is 0.901. The third-order valence-electron chi connectivity index (χ3n) is 4.57. The first kappa shape index (κ1) is 12.9. The van der Waals surface area contributed by atoms with E-state index in [0.29, 0.717) is 0 Å². The first-order chi connectivity index (χ1) is 8.63. The van der Waals surface area contributed by atoms with Crippen molar-refractivity contribution in [2.75, 3.05) is 59.6 Å².